The summed E-state index contributed by atoms with van der Waals surface area (Å²) in [5, 5.41) is 35.1. The van der Waals surface area contributed by atoms with E-state index in [0.717, 1.165) is 5.57 Å². The van der Waals surface area contributed by atoms with E-state index < -0.39 is 64.1 Å². The van der Waals surface area contributed by atoms with Gasteiger partial charge in [0.15, 0.2) is 11.4 Å². The van der Waals surface area contributed by atoms with Gasteiger partial charge in [-0.1, -0.05) is 19.4 Å². The molecule has 9 heteroatoms. The minimum absolute atomic E-state index is 0.0343. The third-order valence-corrected chi connectivity index (χ3v) is 9.26. The third kappa shape index (κ3) is 3.18. The maximum atomic E-state index is 14.1. The molecule has 3 fully saturated rings. The number of Topliss-reactive ketones (excluding diaryl/α,β-unsaturated/α-hetero) is 1. The van der Waals surface area contributed by atoms with E-state index in [1.807, 2.05) is 20.8 Å². The summed E-state index contributed by atoms with van der Waals surface area (Å²) >= 11 is 0. The largest absolute Gasteiger partial charge is 0.454 e. The van der Waals surface area contributed by atoms with Crippen molar-refractivity contribution in [2.24, 2.45) is 16.7 Å². The van der Waals surface area contributed by atoms with Crippen LogP contribution in [0.2, 0.25) is 0 Å². The number of ketones is 1. The smallest absolute Gasteiger partial charge is 0.303 e. The molecule has 0 amide bonds. The van der Waals surface area contributed by atoms with Gasteiger partial charge in [0.2, 0.25) is 0 Å². The summed E-state index contributed by atoms with van der Waals surface area (Å²) in [5.74, 6) is -1.99. The Balaban J connectivity index is 2.03. The summed E-state index contributed by atoms with van der Waals surface area (Å²) in [6.07, 6.45) is -2.73. The van der Waals surface area contributed by atoms with Crippen LogP contribution >= 0.6 is 9.24 Å². The lowest BCUT2D eigenvalue weighted by molar-refractivity contribution is -0.349. The van der Waals surface area contributed by atoms with E-state index in [1.165, 1.54) is 6.92 Å². The fourth-order valence-electron chi connectivity index (χ4n) is 7.20. The van der Waals surface area contributed by atoms with Crippen molar-refractivity contribution in [3.05, 3.63) is 11.1 Å². The highest BCUT2D eigenvalue weighted by Crippen LogP contribution is 2.63. The first-order chi connectivity index (χ1) is 15.3. The van der Waals surface area contributed by atoms with E-state index in [2.05, 4.69) is 9.24 Å². The number of allylic oxidation sites excluding steroid dienone is 1. The highest BCUT2D eigenvalue weighted by atomic mass is 31.0. The lowest BCUT2D eigenvalue weighted by Gasteiger charge is -2.67. The van der Waals surface area contributed by atoms with E-state index in [1.54, 1.807) is 6.92 Å². The highest BCUT2D eigenvalue weighted by molar-refractivity contribution is 7.16. The van der Waals surface area contributed by atoms with Gasteiger partial charge in [0.25, 0.3) is 0 Å². The lowest BCUT2D eigenvalue weighted by atomic mass is 9.45. The summed E-state index contributed by atoms with van der Waals surface area (Å²) in [6, 6.07) is 0. The van der Waals surface area contributed by atoms with Crippen LogP contribution in [0.1, 0.15) is 53.9 Å². The predicted molar refractivity (Wildman–Crippen MR) is 122 cm³/mol. The number of rotatable bonds is 4. The first-order valence-corrected chi connectivity index (χ1v) is 12.6. The van der Waals surface area contributed by atoms with Crippen LogP contribution in [0.5, 0.6) is 0 Å². The maximum Gasteiger partial charge on any atom is 0.303 e. The molecular formula is C24H37O8P. The summed E-state index contributed by atoms with van der Waals surface area (Å²) in [4.78, 5) is 26.3. The molecule has 186 valence electrons. The van der Waals surface area contributed by atoms with Crippen LogP contribution in [0.25, 0.3) is 0 Å². The number of ether oxygens (including phenoxy) is 3. The number of esters is 1. The molecule has 1 heterocycles. The van der Waals surface area contributed by atoms with Crippen LogP contribution in [0.3, 0.4) is 0 Å². The van der Waals surface area contributed by atoms with E-state index in [4.69, 9.17) is 14.2 Å². The summed E-state index contributed by atoms with van der Waals surface area (Å²) in [7, 11) is 2.59. The first kappa shape index (κ1) is 25.2. The van der Waals surface area contributed by atoms with Crippen molar-refractivity contribution < 1.29 is 39.1 Å². The molecule has 0 spiro atoms. The van der Waals surface area contributed by atoms with Gasteiger partial charge in [-0.15, -0.1) is 9.24 Å². The molecule has 8 nitrogen and oxygen atoms in total. The van der Waals surface area contributed by atoms with Gasteiger partial charge < -0.3 is 29.5 Å². The van der Waals surface area contributed by atoms with Gasteiger partial charge in [-0.25, -0.2) is 0 Å². The Morgan fingerprint density at radius 2 is 1.94 bits per heavy atom. The number of hydrogen-bond donors (Lipinski definition) is 3. The lowest BCUT2D eigenvalue weighted by Crippen LogP contribution is -2.81. The number of carbonyl (C=O) groups is 2. The van der Waals surface area contributed by atoms with Gasteiger partial charge in [0.1, 0.15) is 17.8 Å². The van der Waals surface area contributed by atoms with Gasteiger partial charge in [-0.2, -0.15) is 0 Å². The zero-order valence-electron chi connectivity index (χ0n) is 20.1. The summed E-state index contributed by atoms with van der Waals surface area (Å²) < 4.78 is 18.0. The average Bonchev–Trinajstić information content (AvgIpc) is 2.72. The van der Waals surface area contributed by atoms with E-state index >= 15 is 0 Å². The van der Waals surface area contributed by atoms with Crippen LogP contribution < -0.4 is 0 Å². The van der Waals surface area contributed by atoms with Crippen LogP contribution in [-0.2, 0) is 23.8 Å². The molecular weight excluding hydrogens is 447 g/mol. The summed E-state index contributed by atoms with van der Waals surface area (Å²) in [6.45, 7) is 8.76. The molecule has 33 heavy (non-hydrogen) atoms. The average molecular weight is 485 g/mol. The highest BCUT2D eigenvalue weighted by Gasteiger charge is 2.76. The molecule has 4 aliphatic rings. The molecule has 0 aromatic heterocycles. The third-order valence-electron chi connectivity index (χ3n) is 9.03. The number of aliphatic hydroxyl groups excluding tert-OH is 2. The normalized spacial score (nSPS) is 46.5. The van der Waals surface area contributed by atoms with Gasteiger partial charge in [0, 0.05) is 24.7 Å². The second-order valence-electron chi connectivity index (χ2n) is 11.0. The van der Waals surface area contributed by atoms with Crippen molar-refractivity contribution in [2.45, 2.75) is 89.5 Å². The maximum absolute atomic E-state index is 14.1. The van der Waals surface area contributed by atoms with Crippen LogP contribution in [0, 0.1) is 16.7 Å². The molecule has 1 aliphatic heterocycles. The molecule has 3 aliphatic carbocycles. The van der Waals surface area contributed by atoms with Crippen molar-refractivity contribution in [3.8, 4) is 0 Å². The SMILES string of the molecule is CC(=O)O[C@@]12CO[C@@H]1CC(O)[C@@]1(C)C(=O)[C@H](O)C3=C(C)CC[C@@](O)([C@@H](OCCP)[C@H]21)C3(C)C. The minimum Gasteiger partial charge on any atom is -0.454 e. The zero-order chi connectivity index (χ0) is 24.6. The van der Waals surface area contributed by atoms with E-state index in [9.17, 15) is 24.9 Å². The van der Waals surface area contributed by atoms with Crippen molar-refractivity contribution in [1.29, 1.82) is 0 Å². The fourth-order valence-corrected chi connectivity index (χ4v) is 7.33. The van der Waals surface area contributed by atoms with Crippen molar-refractivity contribution in [2.75, 3.05) is 19.4 Å². The molecule has 1 saturated heterocycles. The Morgan fingerprint density at radius 1 is 1.27 bits per heavy atom. The van der Waals surface area contributed by atoms with Crippen molar-refractivity contribution >= 4 is 21.0 Å². The molecule has 4 rings (SSSR count). The standard InChI is InChI=1S/C24H37O8P/c1-12-6-7-24(29)20(30-8-9-33)18-22(5,19(28)17(27)16(12)21(24,3)4)14(26)10-15-23(18,11-31-15)32-13(2)25/h14-15,17-18,20,26-27,29H,6-11,33H2,1-5H3/t14?,15-,17-,18+,20+,22-,23+,24-/m1/s1. The Bertz CT molecular complexity index is 886. The molecule has 0 radical (unpaired) electrons. The molecule has 9 atom stereocenters. The second-order valence-corrected chi connectivity index (χ2v) is 11.5. The topological polar surface area (TPSA) is 123 Å². The zero-order valence-corrected chi connectivity index (χ0v) is 21.2. The van der Waals surface area contributed by atoms with Crippen molar-refractivity contribution in [3.63, 3.8) is 0 Å². The fraction of sp³-hybridized carbons (Fsp3) is 0.833. The quantitative estimate of drug-likeness (QED) is 0.309. The number of aliphatic hydroxyl groups is 3. The minimum atomic E-state index is -1.53. The van der Waals surface area contributed by atoms with Crippen molar-refractivity contribution in [1.82, 2.24) is 0 Å². The monoisotopic (exact) mass is 484 g/mol. The Hall–Kier alpha value is -0.890. The van der Waals surface area contributed by atoms with Crippen LogP contribution in [0.4, 0.5) is 0 Å². The molecule has 0 aromatic rings. The van der Waals surface area contributed by atoms with Crippen LogP contribution in [-0.4, -0.2) is 82.1 Å². The Kier molecular flexibility index (Phi) is 6.17. The number of fused-ring (bicyclic) bond motifs is 5. The molecule has 0 aromatic carbocycles. The van der Waals surface area contributed by atoms with Gasteiger partial charge in [-0.05, 0) is 38.4 Å². The van der Waals surface area contributed by atoms with Gasteiger partial charge in [0.05, 0.1) is 30.8 Å². The van der Waals surface area contributed by atoms with E-state index in [-0.39, 0.29) is 19.6 Å². The van der Waals surface area contributed by atoms with Crippen LogP contribution in [0.15, 0.2) is 11.1 Å². The molecule has 2 saturated carbocycles. The molecule has 2 unspecified atom stereocenters. The van der Waals surface area contributed by atoms with Gasteiger partial charge >= 0.3 is 5.97 Å². The van der Waals surface area contributed by atoms with E-state index in [0.29, 0.717) is 24.6 Å². The first-order valence-electron chi connectivity index (χ1n) is 11.7. The second kappa shape index (κ2) is 8.07. The predicted octanol–water partition coefficient (Wildman–Crippen LogP) is 1.15. The molecule has 3 N–H and O–H groups in total. The van der Waals surface area contributed by atoms with Gasteiger partial charge in [-0.3, -0.25) is 9.59 Å². The summed E-state index contributed by atoms with van der Waals surface area (Å²) in [5.41, 5.74) is -3.92. The number of hydrogen-bond acceptors (Lipinski definition) is 8. The number of carbonyl (C=O) groups excluding carboxylic acids is 2. The molecule has 2 bridgehead atoms. The Labute approximate surface area is 197 Å². The Morgan fingerprint density at radius 3 is 2.48 bits per heavy atom.